The van der Waals surface area contributed by atoms with E-state index in [1.54, 1.807) is 0 Å². The number of carbonyl (C=O) groups excluding carboxylic acids is 1. The third kappa shape index (κ3) is 4.20. The summed E-state index contributed by atoms with van der Waals surface area (Å²) >= 11 is 0. The maximum Gasteiger partial charge on any atom is 0.407 e. The van der Waals surface area contributed by atoms with Crippen molar-refractivity contribution in [1.82, 2.24) is 9.96 Å². The summed E-state index contributed by atoms with van der Waals surface area (Å²) in [6, 6.07) is 0. The van der Waals surface area contributed by atoms with Gasteiger partial charge in [0.1, 0.15) is 6.61 Å². The Bertz CT molecular complexity index is 276. The van der Waals surface area contributed by atoms with Crippen LogP contribution in [0.5, 0.6) is 0 Å². The predicted octanol–water partition coefficient (Wildman–Crippen LogP) is 0.165. The summed E-state index contributed by atoms with van der Waals surface area (Å²) in [5.41, 5.74) is 0. The molecule has 1 fully saturated rings. The van der Waals surface area contributed by atoms with Crippen molar-refractivity contribution < 1.29 is 24.3 Å². The highest BCUT2D eigenvalue weighted by molar-refractivity contribution is 5.76. The van der Waals surface area contributed by atoms with Gasteiger partial charge >= 0.3 is 6.09 Å². The molecule has 1 N–H and O–H groups in total. The van der Waals surface area contributed by atoms with Crippen LogP contribution in [0.25, 0.3) is 0 Å². The van der Waals surface area contributed by atoms with Crippen LogP contribution in [0.4, 0.5) is 4.79 Å². The lowest BCUT2D eigenvalue weighted by atomic mass is 10.1. The third-order valence-electron chi connectivity index (χ3n) is 2.78. The highest BCUT2D eigenvalue weighted by Gasteiger charge is 2.23. The Hall–Kier alpha value is -1.34. The molecule has 1 heterocycles. The molecule has 1 rings (SSSR count). The van der Waals surface area contributed by atoms with E-state index in [1.165, 1.54) is 19.1 Å². The summed E-state index contributed by atoms with van der Waals surface area (Å²) in [5.74, 6) is -0.256. The molecular formula is C10H18N2O5. The fourth-order valence-electron chi connectivity index (χ4n) is 1.60. The van der Waals surface area contributed by atoms with Crippen molar-refractivity contribution in [2.45, 2.75) is 18.9 Å². The number of nitrogens with zero attached hydrogens (tertiary/aromatic N) is 2. The average Bonchev–Trinajstić information content (AvgIpc) is 2.35. The SMILES string of the molecule is CON(C)C(=O)COC1CCN(C(=O)O)CC1. The summed E-state index contributed by atoms with van der Waals surface area (Å²) in [7, 11) is 2.92. The third-order valence-corrected chi connectivity index (χ3v) is 2.78. The fraction of sp³-hybridized carbons (Fsp3) is 0.800. The molecule has 0 aromatic carbocycles. The number of hydrogen-bond acceptors (Lipinski definition) is 4. The van der Waals surface area contributed by atoms with Gasteiger partial charge in [0.15, 0.2) is 0 Å². The average molecular weight is 246 g/mol. The van der Waals surface area contributed by atoms with E-state index in [9.17, 15) is 9.59 Å². The van der Waals surface area contributed by atoms with Crippen molar-refractivity contribution in [2.24, 2.45) is 0 Å². The van der Waals surface area contributed by atoms with E-state index in [-0.39, 0.29) is 18.6 Å². The van der Waals surface area contributed by atoms with Crippen LogP contribution in [0.1, 0.15) is 12.8 Å². The monoisotopic (exact) mass is 246 g/mol. The van der Waals surface area contributed by atoms with Crippen molar-refractivity contribution in [1.29, 1.82) is 0 Å². The molecular weight excluding hydrogens is 228 g/mol. The molecule has 2 amide bonds. The quantitative estimate of drug-likeness (QED) is 0.715. The highest BCUT2D eigenvalue weighted by atomic mass is 16.7. The molecule has 1 aliphatic rings. The van der Waals surface area contributed by atoms with Gasteiger partial charge in [0, 0.05) is 20.1 Å². The molecule has 0 saturated carbocycles. The minimum atomic E-state index is -0.904. The smallest absolute Gasteiger partial charge is 0.407 e. The number of likely N-dealkylation sites (tertiary alicyclic amines) is 1. The normalized spacial score (nSPS) is 16.9. The molecule has 1 aliphatic heterocycles. The summed E-state index contributed by atoms with van der Waals surface area (Å²) in [5, 5.41) is 9.86. The molecule has 1 saturated heterocycles. The Morgan fingerprint density at radius 2 is 2.00 bits per heavy atom. The van der Waals surface area contributed by atoms with Gasteiger partial charge in [-0.15, -0.1) is 0 Å². The number of rotatable bonds is 4. The molecule has 0 bridgehead atoms. The molecule has 17 heavy (non-hydrogen) atoms. The largest absolute Gasteiger partial charge is 0.465 e. The van der Waals surface area contributed by atoms with Crippen molar-refractivity contribution >= 4 is 12.0 Å². The Balaban J connectivity index is 2.22. The van der Waals surface area contributed by atoms with Gasteiger partial charge in [0.05, 0.1) is 13.2 Å². The van der Waals surface area contributed by atoms with Crippen molar-refractivity contribution in [2.75, 3.05) is 33.9 Å². The summed E-state index contributed by atoms with van der Waals surface area (Å²) in [4.78, 5) is 28.1. The van der Waals surface area contributed by atoms with Gasteiger partial charge in [0.25, 0.3) is 5.91 Å². The van der Waals surface area contributed by atoms with Crippen molar-refractivity contribution in [3.8, 4) is 0 Å². The minimum Gasteiger partial charge on any atom is -0.465 e. The number of piperidine rings is 1. The lowest BCUT2D eigenvalue weighted by molar-refractivity contribution is -0.175. The first-order valence-corrected chi connectivity index (χ1v) is 5.44. The van der Waals surface area contributed by atoms with Gasteiger partial charge in [-0.2, -0.15) is 0 Å². The zero-order valence-corrected chi connectivity index (χ0v) is 10.1. The Labute approximate surface area is 99.8 Å². The first-order chi connectivity index (χ1) is 8.04. The standard InChI is InChI=1S/C10H18N2O5/c1-11(16-2)9(13)7-17-8-3-5-12(6-4-8)10(14)15/h8H,3-7H2,1-2H3,(H,14,15). The van der Waals surface area contributed by atoms with Crippen molar-refractivity contribution in [3.63, 3.8) is 0 Å². The number of carbonyl (C=O) groups is 2. The molecule has 0 aliphatic carbocycles. The zero-order valence-electron chi connectivity index (χ0n) is 10.1. The van der Waals surface area contributed by atoms with E-state index in [2.05, 4.69) is 0 Å². The second kappa shape index (κ2) is 6.41. The summed E-state index contributed by atoms with van der Waals surface area (Å²) in [6.45, 7) is 0.866. The minimum absolute atomic E-state index is 0.0396. The van der Waals surface area contributed by atoms with Gasteiger partial charge in [-0.25, -0.2) is 9.86 Å². The molecule has 0 radical (unpaired) electrons. The van der Waals surface area contributed by atoms with Gasteiger partial charge < -0.3 is 14.7 Å². The molecule has 0 spiro atoms. The van der Waals surface area contributed by atoms with Crippen LogP contribution in [0.3, 0.4) is 0 Å². The second-order valence-electron chi connectivity index (χ2n) is 3.85. The predicted molar refractivity (Wildman–Crippen MR) is 58.4 cm³/mol. The number of amides is 2. The Kier molecular flexibility index (Phi) is 5.17. The van der Waals surface area contributed by atoms with Crippen LogP contribution in [0, 0.1) is 0 Å². The summed E-state index contributed by atoms with van der Waals surface area (Å²) < 4.78 is 5.40. The topological polar surface area (TPSA) is 79.3 Å². The lowest BCUT2D eigenvalue weighted by Gasteiger charge is -2.30. The number of ether oxygens (including phenoxy) is 1. The van der Waals surface area contributed by atoms with Crippen LogP contribution < -0.4 is 0 Å². The Morgan fingerprint density at radius 1 is 1.41 bits per heavy atom. The second-order valence-corrected chi connectivity index (χ2v) is 3.85. The van der Waals surface area contributed by atoms with Crippen LogP contribution in [0.2, 0.25) is 0 Å². The maximum atomic E-state index is 11.4. The Morgan fingerprint density at radius 3 is 2.47 bits per heavy atom. The molecule has 98 valence electrons. The lowest BCUT2D eigenvalue weighted by Crippen LogP contribution is -2.41. The molecule has 0 aromatic heterocycles. The van der Waals surface area contributed by atoms with E-state index >= 15 is 0 Å². The fourth-order valence-corrected chi connectivity index (χ4v) is 1.60. The van der Waals surface area contributed by atoms with E-state index in [0.29, 0.717) is 25.9 Å². The summed E-state index contributed by atoms with van der Waals surface area (Å²) in [6.07, 6.45) is 0.283. The molecule has 7 heteroatoms. The van der Waals surface area contributed by atoms with E-state index < -0.39 is 6.09 Å². The van der Waals surface area contributed by atoms with E-state index in [0.717, 1.165) is 5.06 Å². The first-order valence-electron chi connectivity index (χ1n) is 5.44. The maximum absolute atomic E-state index is 11.4. The van der Waals surface area contributed by atoms with Crippen LogP contribution >= 0.6 is 0 Å². The number of hydroxylamine groups is 2. The number of hydrogen-bond donors (Lipinski definition) is 1. The zero-order chi connectivity index (χ0) is 12.8. The number of likely N-dealkylation sites (N-methyl/N-ethyl adjacent to an activating group) is 1. The highest BCUT2D eigenvalue weighted by Crippen LogP contribution is 2.13. The van der Waals surface area contributed by atoms with Crippen LogP contribution in [-0.2, 0) is 14.4 Å². The first kappa shape index (κ1) is 13.7. The van der Waals surface area contributed by atoms with Gasteiger partial charge in [0.2, 0.25) is 0 Å². The van der Waals surface area contributed by atoms with Crippen LogP contribution in [0.15, 0.2) is 0 Å². The molecule has 0 atom stereocenters. The molecule has 7 nitrogen and oxygen atoms in total. The molecule has 0 unspecified atom stereocenters. The van der Waals surface area contributed by atoms with Gasteiger partial charge in [-0.3, -0.25) is 9.63 Å². The van der Waals surface area contributed by atoms with Gasteiger partial charge in [-0.05, 0) is 12.8 Å². The van der Waals surface area contributed by atoms with Crippen molar-refractivity contribution in [3.05, 3.63) is 0 Å². The van der Waals surface area contributed by atoms with E-state index in [1.807, 2.05) is 0 Å². The van der Waals surface area contributed by atoms with Crippen LogP contribution in [-0.4, -0.2) is 67.0 Å². The van der Waals surface area contributed by atoms with Gasteiger partial charge in [-0.1, -0.05) is 0 Å². The molecule has 0 aromatic rings. The van der Waals surface area contributed by atoms with E-state index in [4.69, 9.17) is 14.7 Å². The number of carboxylic acid groups (broad SMARTS) is 1.